The SMILES string of the molecule is O=S(=O)(c1ccc(F)c(F)c1F)N1CCN(Cn2ncn(-c3ccccc3)c2=S)CC1. The summed E-state index contributed by atoms with van der Waals surface area (Å²) in [5.41, 5.74) is 0.878. The molecule has 0 atom stereocenters. The molecule has 12 heteroatoms. The summed E-state index contributed by atoms with van der Waals surface area (Å²) in [6.45, 7) is 1.15. The molecule has 7 nitrogen and oxygen atoms in total. The van der Waals surface area contributed by atoms with Gasteiger partial charge < -0.3 is 0 Å². The van der Waals surface area contributed by atoms with Crippen LogP contribution in [-0.4, -0.2) is 58.1 Å². The standard InChI is InChI=1S/C19H18F3N5O2S2/c20-15-6-7-16(18(22)17(15)21)31(28,29)25-10-8-24(9-11-25)13-27-19(30)26(12-23-27)14-4-2-1-3-5-14/h1-7,12H,8-11,13H2. The Morgan fingerprint density at radius 1 is 0.935 bits per heavy atom. The number of piperazine rings is 1. The molecule has 1 aliphatic heterocycles. The molecule has 3 aromatic rings. The molecule has 1 aromatic heterocycles. The highest BCUT2D eigenvalue weighted by Gasteiger charge is 2.32. The second-order valence-corrected chi connectivity index (χ2v) is 9.23. The highest BCUT2D eigenvalue weighted by Crippen LogP contribution is 2.24. The van der Waals surface area contributed by atoms with Gasteiger partial charge in [0.25, 0.3) is 0 Å². The van der Waals surface area contributed by atoms with Crippen molar-refractivity contribution in [2.45, 2.75) is 11.6 Å². The molecule has 0 bridgehead atoms. The fourth-order valence-electron chi connectivity index (χ4n) is 3.35. The first-order chi connectivity index (χ1) is 14.8. The van der Waals surface area contributed by atoms with Gasteiger partial charge in [-0.15, -0.1) is 0 Å². The zero-order valence-electron chi connectivity index (χ0n) is 16.2. The van der Waals surface area contributed by atoms with Crippen LogP contribution in [0.3, 0.4) is 0 Å². The number of hydrogen-bond acceptors (Lipinski definition) is 5. The van der Waals surface area contributed by atoms with Gasteiger partial charge in [-0.2, -0.15) is 9.40 Å². The van der Waals surface area contributed by atoms with E-state index in [9.17, 15) is 21.6 Å². The summed E-state index contributed by atoms with van der Waals surface area (Å²) >= 11 is 5.48. The second-order valence-electron chi connectivity index (χ2n) is 6.96. The summed E-state index contributed by atoms with van der Waals surface area (Å²) in [6.07, 6.45) is 1.62. The Morgan fingerprint density at radius 3 is 2.29 bits per heavy atom. The van der Waals surface area contributed by atoms with Gasteiger partial charge in [0, 0.05) is 31.9 Å². The van der Waals surface area contributed by atoms with Crippen LogP contribution in [0.15, 0.2) is 53.7 Å². The van der Waals surface area contributed by atoms with Gasteiger partial charge in [-0.05, 0) is 36.5 Å². The van der Waals surface area contributed by atoms with Gasteiger partial charge in [-0.25, -0.2) is 26.3 Å². The van der Waals surface area contributed by atoms with Crippen molar-refractivity contribution in [3.8, 4) is 5.69 Å². The summed E-state index contributed by atoms with van der Waals surface area (Å²) in [7, 11) is -4.29. The minimum absolute atomic E-state index is 0.0630. The van der Waals surface area contributed by atoms with Crippen molar-refractivity contribution in [3.63, 3.8) is 0 Å². The van der Waals surface area contributed by atoms with E-state index in [-0.39, 0.29) is 13.1 Å². The van der Waals surface area contributed by atoms with E-state index in [1.807, 2.05) is 35.2 Å². The van der Waals surface area contributed by atoms with Crippen LogP contribution in [0.5, 0.6) is 0 Å². The molecule has 4 rings (SSSR count). The number of aromatic nitrogens is 3. The molecular formula is C19H18F3N5O2S2. The van der Waals surface area contributed by atoms with Crippen molar-refractivity contribution >= 4 is 22.2 Å². The molecule has 0 saturated carbocycles. The average molecular weight is 470 g/mol. The zero-order valence-corrected chi connectivity index (χ0v) is 17.8. The number of para-hydroxylation sites is 1. The largest absolute Gasteiger partial charge is 0.282 e. The maximum Gasteiger partial charge on any atom is 0.246 e. The fourth-order valence-corrected chi connectivity index (χ4v) is 5.08. The lowest BCUT2D eigenvalue weighted by molar-refractivity contribution is 0.144. The van der Waals surface area contributed by atoms with Gasteiger partial charge in [-0.1, -0.05) is 18.2 Å². The van der Waals surface area contributed by atoms with E-state index in [2.05, 4.69) is 5.10 Å². The molecule has 0 N–H and O–H groups in total. The minimum Gasteiger partial charge on any atom is -0.282 e. The molecule has 0 aliphatic carbocycles. The van der Waals surface area contributed by atoms with Crippen LogP contribution in [0.2, 0.25) is 0 Å². The van der Waals surface area contributed by atoms with Crippen LogP contribution in [-0.2, 0) is 16.7 Å². The molecule has 1 aliphatic rings. The van der Waals surface area contributed by atoms with Crippen LogP contribution in [0.4, 0.5) is 13.2 Å². The first kappa shape index (κ1) is 21.7. The van der Waals surface area contributed by atoms with Gasteiger partial charge in [0.05, 0.1) is 6.67 Å². The van der Waals surface area contributed by atoms with E-state index < -0.39 is 32.4 Å². The first-order valence-corrected chi connectivity index (χ1v) is 11.2. The highest BCUT2D eigenvalue weighted by molar-refractivity contribution is 7.89. The predicted molar refractivity (Wildman–Crippen MR) is 109 cm³/mol. The third-order valence-electron chi connectivity index (χ3n) is 5.05. The molecule has 0 spiro atoms. The minimum atomic E-state index is -4.29. The molecular weight excluding hydrogens is 451 g/mol. The summed E-state index contributed by atoms with van der Waals surface area (Å²) in [5.74, 6) is -4.95. The fraction of sp³-hybridized carbons (Fsp3) is 0.263. The monoisotopic (exact) mass is 469 g/mol. The molecule has 1 fully saturated rings. The molecule has 31 heavy (non-hydrogen) atoms. The Balaban J connectivity index is 1.45. The van der Waals surface area contributed by atoms with Crippen LogP contribution < -0.4 is 0 Å². The molecule has 0 amide bonds. The van der Waals surface area contributed by atoms with E-state index in [0.29, 0.717) is 30.6 Å². The number of benzene rings is 2. The lowest BCUT2D eigenvalue weighted by Gasteiger charge is -2.33. The number of nitrogens with zero attached hydrogens (tertiary/aromatic N) is 5. The summed E-state index contributed by atoms with van der Waals surface area (Å²) in [5, 5.41) is 4.31. The van der Waals surface area contributed by atoms with Gasteiger partial charge in [0.1, 0.15) is 11.2 Å². The Hall–Kier alpha value is -2.54. The zero-order chi connectivity index (χ0) is 22.2. The van der Waals surface area contributed by atoms with E-state index in [0.717, 1.165) is 16.1 Å². The quantitative estimate of drug-likeness (QED) is 0.425. The highest BCUT2D eigenvalue weighted by atomic mass is 32.2. The lowest BCUT2D eigenvalue weighted by Crippen LogP contribution is -2.49. The van der Waals surface area contributed by atoms with E-state index >= 15 is 0 Å². The number of hydrogen-bond donors (Lipinski definition) is 0. The Labute approximate surface area is 182 Å². The van der Waals surface area contributed by atoms with Gasteiger partial charge in [0.2, 0.25) is 14.8 Å². The van der Waals surface area contributed by atoms with Crippen molar-refractivity contribution in [1.29, 1.82) is 0 Å². The van der Waals surface area contributed by atoms with Crippen molar-refractivity contribution in [2.24, 2.45) is 0 Å². The molecule has 2 aromatic carbocycles. The van der Waals surface area contributed by atoms with Crippen LogP contribution in [0, 0.1) is 22.2 Å². The third kappa shape index (κ3) is 4.15. The molecule has 0 unspecified atom stereocenters. The predicted octanol–water partition coefficient (Wildman–Crippen LogP) is 2.78. The maximum absolute atomic E-state index is 14.0. The summed E-state index contributed by atoms with van der Waals surface area (Å²) < 4.78 is 71.0. The number of rotatable bonds is 5. The average Bonchev–Trinajstić information content (AvgIpc) is 3.13. The normalized spacial score (nSPS) is 16.0. The molecule has 1 saturated heterocycles. The van der Waals surface area contributed by atoms with Gasteiger partial charge in [-0.3, -0.25) is 9.47 Å². The molecule has 2 heterocycles. The van der Waals surface area contributed by atoms with E-state index in [1.54, 1.807) is 15.6 Å². The number of halogens is 3. The Morgan fingerprint density at radius 2 is 1.61 bits per heavy atom. The third-order valence-corrected chi connectivity index (χ3v) is 7.37. The van der Waals surface area contributed by atoms with Crippen LogP contribution in [0.1, 0.15) is 0 Å². The van der Waals surface area contributed by atoms with Crippen molar-refractivity contribution in [2.75, 3.05) is 26.2 Å². The van der Waals surface area contributed by atoms with Gasteiger partial charge in [0.15, 0.2) is 17.5 Å². The Kier molecular flexibility index (Phi) is 5.97. The Bertz CT molecular complexity index is 1250. The first-order valence-electron chi connectivity index (χ1n) is 9.35. The summed E-state index contributed by atoms with van der Waals surface area (Å²) in [6, 6.07) is 10.8. The molecule has 0 radical (unpaired) electrons. The van der Waals surface area contributed by atoms with E-state index in [4.69, 9.17) is 12.2 Å². The number of sulfonamides is 1. The lowest BCUT2D eigenvalue weighted by atomic mass is 10.3. The second kappa shape index (κ2) is 8.54. The summed E-state index contributed by atoms with van der Waals surface area (Å²) in [4.78, 5) is 1.08. The topological polar surface area (TPSA) is 63.4 Å². The molecule has 164 valence electrons. The van der Waals surface area contributed by atoms with Crippen LogP contribution in [0.25, 0.3) is 5.69 Å². The smallest absolute Gasteiger partial charge is 0.246 e. The maximum atomic E-state index is 14.0. The van der Waals surface area contributed by atoms with E-state index in [1.165, 1.54) is 0 Å². The van der Waals surface area contributed by atoms with Crippen molar-refractivity contribution in [3.05, 3.63) is 71.0 Å². The van der Waals surface area contributed by atoms with Crippen molar-refractivity contribution < 1.29 is 21.6 Å². The van der Waals surface area contributed by atoms with Gasteiger partial charge >= 0.3 is 0 Å². The van der Waals surface area contributed by atoms with Crippen LogP contribution >= 0.6 is 12.2 Å². The van der Waals surface area contributed by atoms with Crippen molar-refractivity contribution in [1.82, 2.24) is 23.6 Å².